The molecular weight excluding hydrogens is 290 g/mol. The molecule has 0 aromatic carbocycles. The van der Waals surface area contributed by atoms with E-state index in [1.807, 2.05) is 4.68 Å². The number of nitrogens with one attached hydrogen (secondary N) is 1. The summed E-state index contributed by atoms with van der Waals surface area (Å²) >= 11 is 0. The Bertz CT molecular complexity index is 547. The maximum Gasteiger partial charge on any atom is 0.211 e. The number of rotatable bonds is 6. The summed E-state index contributed by atoms with van der Waals surface area (Å²) in [6, 6.07) is 0.340. The molecule has 1 aliphatic heterocycles. The van der Waals surface area contributed by atoms with E-state index in [1.54, 1.807) is 10.6 Å². The number of aromatic nitrogens is 3. The molecule has 8 heteroatoms. The smallest absolute Gasteiger partial charge is 0.211 e. The van der Waals surface area contributed by atoms with E-state index < -0.39 is 10.0 Å². The molecule has 0 atom stereocenters. The molecule has 1 fully saturated rings. The van der Waals surface area contributed by atoms with Gasteiger partial charge in [0, 0.05) is 25.7 Å². The quantitative estimate of drug-likeness (QED) is 0.824. The average Bonchev–Trinajstić information content (AvgIpc) is 2.82. The van der Waals surface area contributed by atoms with Crippen molar-refractivity contribution >= 4 is 10.0 Å². The lowest BCUT2D eigenvalue weighted by molar-refractivity contribution is 0.287. The fourth-order valence-electron chi connectivity index (χ4n) is 2.55. The Morgan fingerprint density at radius 2 is 2.05 bits per heavy atom. The molecule has 0 radical (unpaired) electrons. The van der Waals surface area contributed by atoms with E-state index >= 15 is 0 Å². The molecule has 1 aromatic heterocycles. The van der Waals surface area contributed by atoms with E-state index in [2.05, 4.69) is 29.2 Å². The van der Waals surface area contributed by atoms with Gasteiger partial charge in [0.15, 0.2) is 0 Å². The van der Waals surface area contributed by atoms with Gasteiger partial charge in [0.25, 0.3) is 0 Å². The third-order valence-corrected chi connectivity index (χ3v) is 5.01. The number of piperidine rings is 1. The van der Waals surface area contributed by atoms with Gasteiger partial charge in [-0.2, -0.15) is 5.10 Å². The minimum atomic E-state index is -3.05. The van der Waals surface area contributed by atoms with Gasteiger partial charge < -0.3 is 5.32 Å². The summed E-state index contributed by atoms with van der Waals surface area (Å²) in [6.07, 6.45) is 4.54. The molecule has 1 N–H and O–H groups in total. The Balaban J connectivity index is 1.81. The molecule has 0 saturated carbocycles. The summed E-state index contributed by atoms with van der Waals surface area (Å²) in [5.41, 5.74) is 0. The van der Waals surface area contributed by atoms with Crippen LogP contribution in [0.5, 0.6) is 0 Å². The van der Waals surface area contributed by atoms with Crippen LogP contribution >= 0.6 is 0 Å². The van der Waals surface area contributed by atoms with Crippen LogP contribution in [0.15, 0.2) is 6.33 Å². The van der Waals surface area contributed by atoms with Crippen molar-refractivity contribution < 1.29 is 8.42 Å². The second kappa shape index (κ2) is 6.85. The van der Waals surface area contributed by atoms with Crippen LogP contribution in [0.1, 0.15) is 32.5 Å². The number of nitrogens with zero attached hydrogens (tertiary/aromatic N) is 4. The van der Waals surface area contributed by atoms with E-state index in [1.165, 1.54) is 6.26 Å². The van der Waals surface area contributed by atoms with Crippen LogP contribution in [0.4, 0.5) is 0 Å². The average molecular weight is 315 g/mol. The van der Waals surface area contributed by atoms with E-state index in [-0.39, 0.29) is 0 Å². The number of hydrogen-bond acceptors (Lipinski definition) is 5. The summed E-state index contributed by atoms with van der Waals surface area (Å²) in [5.74, 6) is 1.47. The summed E-state index contributed by atoms with van der Waals surface area (Å²) in [5, 5.41) is 7.71. The molecule has 0 unspecified atom stereocenters. The highest BCUT2D eigenvalue weighted by Crippen LogP contribution is 2.13. The molecule has 7 nitrogen and oxygen atoms in total. The molecule has 2 rings (SSSR count). The first-order valence-corrected chi connectivity index (χ1v) is 9.26. The summed E-state index contributed by atoms with van der Waals surface area (Å²) in [6.45, 7) is 7.03. The van der Waals surface area contributed by atoms with Gasteiger partial charge >= 0.3 is 0 Å². The summed E-state index contributed by atoms with van der Waals surface area (Å²) in [7, 11) is -3.05. The van der Waals surface area contributed by atoms with Crippen LogP contribution in [-0.4, -0.2) is 52.9 Å². The van der Waals surface area contributed by atoms with Crippen LogP contribution in [0, 0.1) is 5.92 Å². The van der Waals surface area contributed by atoms with Crippen molar-refractivity contribution in [1.82, 2.24) is 24.4 Å². The van der Waals surface area contributed by atoms with Crippen LogP contribution in [0.2, 0.25) is 0 Å². The Morgan fingerprint density at radius 3 is 2.62 bits per heavy atom. The Morgan fingerprint density at radius 1 is 1.38 bits per heavy atom. The van der Waals surface area contributed by atoms with Crippen LogP contribution in [-0.2, 0) is 23.1 Å². The third kappa shape index (κ3) is 4.76. The third-order valence-electron chi connectivity index (χ3n) is 3.71. The van der Waals surface area contributed by atoms with Crippen molar-refractivity contribution in [3.05, 3.63) is 12.2 Å². The first kappa shape index (κ1) is 16.4. The van der Waals surface area contributed by atoms with Crippen LogP contribution in [0.25, 0.3) is 0 Å². The molecule has 1 aliphatic rings. The van der Waals surface area contributed by atoms with Gasteiger partial charge in [-0.1, -0.05) is 13.8 Å². The predicted molar refractivity (Wildman–Crippen MR) is 81.1 cm³/mol. The van der Waals surface area contributed by atoms with Crippen LogP contribution in [0.3, 0.4) is 0 Å². The lowest BCUT2D eigenvalue weighted by Crippen LogP contribution is -2.44. The highest BCUT2D eigenvalue weighted by atomic mass is 32.2. The normalized spacial score (nSPS) is 18.5. The highest BCUT2D eigenvalue weighted by Gasteiger charge is 2.24. The molecule has 0 bridgehead atoms. The minimum absolute atomic E-state index is 0.340. The maximum atomic E-state index is 11.5. The number of sulfonamides is 1. The van der Waals surface area contributed by atoms with Crippen molar-refractivity contribution in [1.29, 1.82) is 0 Å². The zero-order valence-electron chi connectivity index (χ0n) is 13.0. The van der Waals surface area contributed by atoms with Gasteiger partial charge in [-0.3, -0.25) is 0 Å². The first-order chi connectivity index (χ1) is 9.86. The zero-order chi connectivity index (χ0) is 15.5. The van der Waals surface area contributed by atoms with Gasteiger partial charge in [0.05, 0.1) is 12.8 Å². The van der Waals surface area contributed by atoms with Gasteiger partial charge in [-0.15, -0.1) is 0 Å². The molecule has 1 saturated heterocycles. The maximum absolute atomic E-state index is 11.5. The van der Waals surface area contributed by atoms with Crippen molar-refractivity contribution in [2.45, 2.75) is 45.8 Å². The predicted octanol–water partition coefficient (Wildman–Crippen LogP) is 0.448. The fraction of sp³-hybridized carbons (Fsp3) is 0.846. The van der Waals surface area contributed by atoms with E-state index in [4.69, 9.17) is 0 Å². The SMILES string of the molecule is CC(C)Cn1ncnc1CNC1CCN(S(C)(=O)=O)CC1. The van der Waals surface area contributed by atoms with Crippen molar-refractivity contribution in [3.8, 4) is 0 Å². The Labute approximate surface area is 126 Å². The van der Waals surface area contributed by atoms with Gasteiger partial charge in [0.1, 0.15) is 12.2 Å². The Hall–Kier alpha value is -0.990. The summed E-state index contributed by atoms with van der Waals surface area (Å²) < 4.78 is 26.4. The molecule has 0 amide bonds. The molecule has 21 heavy (non-hydrogen) atoms. The monoisotopic (exact) mass is 315 g/mol. The minimum Gasteiger partial charge on any atom is -0.307 e. The van der Waals surface area contributed by atoms with E-state index in [0.717, 1.165) is 25.2 Å². The van der Waals surface area contributed by atoms with Crippen molar-refractivity contribution in [2.75, 3.05) is 19.3 Å². The first-order valence-electron chi connectivity index (χ1n) is 7.41. The molecule has 0 spiro atoms. The van der Waals surface area contributed by atoms with E-state index in [9.17, 15) is 8.42 Å². The molecule has 0 aliphatic carbocycles. The number of hydrogen-bond donors (Lipinski definition) is 1. The lowest BCUT2D eigenvalue weighted by atomic mass is 10.1. The molecule has 2 heterocycles. The Kier molecular flexibility index (Phi) is 5.34. The second-order valence-corrected chi connectivity index (χ2v) is 8.05. The molecule has 120 valence electrons. The fourth-order valence-corrected chi connectivity index (χ4v) is 3.42. The van der Waals surface area contributed by atoms with Crippen molar-refractivity contribution in [3.63, 3.8) is 0 Å². The summed E-state index contributed by atoms with van der Waals surface area (Å²) in [4.78, 5) is 4.29. The van der Waals surface area contributed by atoms with Crippen LogP contribution < -0.4 is 5.32 Å². The van der Waals surface area contributed by atoms with Crippen molar-refractivity contribution in [2.24, 2.45) is 5.92 Å². The van der Waals surface area contributed by atoms with Gasteiger partial charge in [-0.05, 0) is 18.8 Å². The zero-order valence-corrected chi connectivity index (χ0v) is 13.8. The van der Waals surface area contributed by atoms with E-state index in [0.29, 0.717) is 31.6 Å². The molecular formula is C13H25N5O2S. The largest absolute Gasteiger partial charge is 0.307 e. The standard InChI is InChI=1S/C13H25N5O2S/c1-11(2)9-18-13(15-10-16-18)8-14-12-4-6-17(7-5-12)21(3,19)20/h10-12,14H,4-9H2,1-3H3. The van der Waals surface area contributed by atoms with Gasteiger partial charge in [0.2, 0.25) is 10.0 Å². The second-order valence-electron chi connectivity index (χ2n) is 6.07. The lowest BCUT2D eigenvalue weighted by Gasteiger charge is -2.30. The molecule has 1 aromatic rings. The highest BCUT2D eigenvalue weighted by molar-refractivity contribution is 7.88. The van der Waals surface area contributed by atoms with Gasteiger partial charge in [-0.25, -0.2) is 22.4 Å². The topological polar surface area (TPSA) is 80.1 Å².